The van der Waals surface area contributed by atoms with E-state index in [4.69, 9.17) is 5.73 Å². The lowest BCUT2D eigenvalue weighted by Crippen LogP contribution is -2.32. The Morgan fingerprint density at radius 2 is 1.82 bits per heavy atom. The highest BCUT2D eigenvalue weighted by molar-refractivity contribution is 6.04. The summed E-state index contributed by atoms with van der Waals surface area (Å²) in [6, 6.07) is 14.5. The zero-order valence-corrected chi connectivity index (χ0v) is 18.6. The molecule has 0 unspecified atom stereocenters. The second kappa shape index (κ2) is 8.81. The average Bonchev–Trinajstić information content (AvgIpc) is 3.35. The molecule has 0 bridgehead atoms. The van der Waals surface area contributed by atoms with Crippen LogP contribution in [0.3, 0.4) is 0 Å². The second-order valence-electron chi connectivity index (χ2n) is 8.06. The number of rotatable bonds is 7. The van der Waals surface area contributed by atoms with Crippen molar-refractivity contribution in [1.29, 1.82) is 0 Å². The summed E-state index contributed by atoms with van der Waals surface area (Å²) in [5.74, 6) is 0.148. The number of aryl methyl sites for hydroxylation is 1. The molecule has 1 atom stereocenters. The number of nitrogen functional groups attached to an aromatic ring is 1. The molecule has 34 heavy (non-hydrogen) atoms. The van der Waals surface area contributed by atoms with Crippen molar-refractivity contribution in [3.8, 4) is 0 Å². The van der Waals surface area contributed by atoms with E-state index in [9.17, 15) is 9.59 Å². The van der Waals surface area contributed by atoms with Crippen LogP contribution in [0, 0.1) is 0 Å². The molecule has 1 aliphatic heterocycles. The van der Waals surface area contributed by atoms with E-state index in [1.807, 2.05) is 54.7 Å². The Kier molecular flexibility index (Phi) is 5.54. The van der Waals surface area contributed by atoms with Gasteiger partial charge in [-0.3, -0.25) is 9.69 Å². The molecular weight excluding hydrogens is 432 g/mol. The van der Waals surface area contributed by atoms with Crippen molar-refractivity contribution in [3.05, 3.63) is 71.7 Å². The standard InChI is InChI=1S/C24H24N8O2/c1-2-14-7-3-5-9-17(14)27-23-30-20(29-22(25)31-23)13-32-21(33)19(28-24(32)34)11-15-12-26-18-10-6-4-8-16(15)18/h3-10,12,19,26H,2,11,13H2,1H3,(H,28,34)(H3,25,27,29,30,31)/t19-/m1/s1. The van der Waals surface area contributed by atoms with Gasteiger partial charge in [0.2, 0.25) is 11.9 Å². The van der Waals surface area contributed by atoms with Gasteiger partial charge in [-0.05, 0) is 29.7 Å². The van der Waals surface area contributed by atoms with Gasteiger partial charge in [-0.15, -0.1) is 0 Å². The van der Waals surface area contributed by atoms with Crippen LogP contribution in [0.15, 0.2) is 54.7 Å². The number of hydrogen-bond acceptors (Lipinski definition) is 7. The highest BCUT2D eigenvalue weighted by Crippen LogP contribution is 2.23. The van der Waals surface area contributed by atoms with E-state index in [2.05, 4.69) is 37.5 Å². The number of nitrogens with two attached hydrogens (primary N) is 1. The minimum atomic E-state index is -0.667. The largest absolute Gasteiger partial charge is 0.368 e. The van der Waals surface area contributed by atoms with Crippen LogP contribution < -0.4 is 16.4 Å². The Morgan fingerprint density at radius 3 is 2.68 bits per heavy atom. The van der Waals surface area contributed by atoms with Crippen molar-refractivity contribution < 1.29 is 9.59 Å². The lowest BCUT2D eigenvalue weighted by Gasteiger charge is -2.14. The van der Waals surface area contributed by atoms with Crippen molar-refractivity contribution in [2.45, 2.75) is 32.4 Å². The molecule has 1 fully saturated rings. The zero-order valence-electron chi connectivity index (χ0n) is 18.6. The van der Waals surface area contributed by atoms with Crippen LogP contribution in [0.4, 0.5) is 22.4 Å². The number of imide groups is 1. The average molecular weight is 457 g/mol. The first-order chi connectivity index (χ1) is 16.5. The van der Waals surface area contributed by atoms with Gasteiger partial charge in [-0.2, -0.15) is 15.0 Å². The maximum Gasteiger partial charge on any atom is 0.325 e. The van der Waals surface area contributed by atoms with Crippen LogP contribution in [-0.2, 0) is 24.2 Å². The number of nitrogens with zero attached hydrogens (tertiary/aromatic N) is 4. The van der Waals surface area contributed by atoms with Crippen LogP contribution >= 0.6 is 0 Å². The Bertz CT molecular complexity index is 1380. The van der Waals surface area contributed by atoms with Gasteiger partial charge in [-0.1, -0.05) is 43.3 Å². The molecular formula is C24H24N8O2. The molecule has 1 saturated heterocycles. The molecule has 3 amide bonds. The smallest absolute Gasteiger partial charge is 0.325 e. The van der Waals surface area contributed by atoms with Crippen LogP contribution in [-0.4, -0.2) is 42.8 Å². The summed E-state index contributed by atoms with van der Waals surface area (Å²) in [4.78, 5) is 42.6. The quantitative estimate of drug-likeness (QED) is 0.313. The predicted molar refractivity (Wildman–Crippen MR) is 128 cm³/mol. The third-order valence-corrected chi connectivity index (χ3v) is 5.85. The minimum Gasteiger partial charge on any atom is -0.368 e. The summed E-state index contributed by atoms with van der Waals surface area (Å²) in [6.45, 7) is 1.95. The number of amides is 3. The fourth-order valence-electron chi connectivity index (χ4n) is 4.16. The molecule has 10 heteroatoms. The Balaban J connectivity index is 1.33. The molecule has 2 aromatic carbocycles. The minimum absolute atomic E-state index is 0.00359. The number of aromatic nitrogens is 4. The van der Waals surface area contributed by atoms with Crippen LogP contribution in [0.1, 0.15) is 23.9 Å². The van der Waals surface area contributed by atoms with Crippen molar-refractivity contribution >= 4 is 40.4 Å². The van der Waals surface area contributed by atoms with E-state index in [1.54, 1.807) is 0 Å². The fraction of sp³-hybridized carbons (Fsp3) is 0.208. The van der Waals surface area contributed by atoms with Gasteiger partial charge < -0.3 is 21.4 Å². The summed E-state index contributed by atoms with van der Waals surface area (Å²) in [5, 5.41) is 6.95. The maximum absolute atomic E-state index is 13.0. The molecule has 10 nitrogen and oxygen atoms in total. The van der Waals surface area contributed by atoms with Gasteiger partial charge in [0, 0.05) is 29.2 Å². The zero-order chi connectivity index (χ0) is 23.7. The molecule has 2 aromatic heterocycles. The third-order valence-electron chi connectivity index (χ3n) is 5.85. The number of fused-ring (bicyclic) bond motifs is 1. The van der Waals surface area contributed by atoms with Gasteiger partial charge in [0.1, 0.15) is 6.04 Å². The summed E-state index contributed by atoms with van der Waals surface area (Å²) in [7, 11) is 0. The molecule has 5 rings (SSSR count). The van der Waals surface area contributed by atoms with E-state index >= 15 is 0 Å². The molecule has 5 N–H and O–H groups in total. The first-order valence-electron chi connectivity index (χ1n) is 11.0. The van der Waals surface area contributed by atoms with E-state index in [0.29, 0.717) is 6.42 Å². The molecule has 0 aliphatic carbocycles. The number of benzene rings is 2. The Hall–Kier alpha value is -4.47. The molecule has 0 saturated carbocycles. The normalized spacial score (nSPS) is 15.7. The highest BCUT2D eigenvalue weighted by Gasteiger charge is 2.38. The monoisotopic (exact) mass is 456 g/mol. The number of hydrogen-bond donors (Lipinski definition) is 4. The fourth-order valence-corrected chi connectivity index (χ4v) is 4.16. The maximum atomic E-state index is 13.0. The summed E-state index contributed by atoms with van der Waals surface area (Å²) >= 11 is 0. The number of aromatic amines is 1. The van der Waals surface area contributed by atoms with Crippen LogP contribution in [0.2, 0.25) is 0 Å². The van der Waals surface area contributed by atoms with E-state index in [1.165, 1.54) is 0 Å². The van der Waals surface area contributed by atoms with Crippen LogP contribution in [0.5, 0.6) is 0 Å². The summed E-state index contributed by atoms with van der Waals surface area (Å²) in [5.41, 5.74) is 9.78. The number of H-pyrrole nitrogens is 1. The second-order valence-corrected chi connectivity index (χ2v) is 8.06. The first kappa shape index (κ1) is 21.4. The number of anilines is 3. The SMILES string of the molecule is CCc1ccccc1Nc1nc(N)nc(CN2C(=O)N[C@H](Cc3c[nH]c4ccccc34)C2=O)n1. The molecule has 172 valence electrons. The van der Waals surface area contributed by atoms with Gasteiger partial charge in [0.05, 0.1) is 6.54 Å². The number of carbonyl (C=O) groups is 2. The first-order valence-corrected chi connectivity index (χ1v) is 11.0. The number of urea groups is 1. The van der Waals surface area contributed by atoms with Gasteiger partial charge >= 0.3 is 6.03 Å². The van der Waals surface area contributed by atoms with Crippen molar-refractivity contribution in [2.24, 2.45) is 0 Å². The summed E-state index contributed by atoms with van der Waals surface area (Å²) in [6.07, 6.45) is 3.08. The topological polar surface area (TPSA) is 142 Å². The predicted octanol–water partition coefficient (Wildman–Crippen LogP) is 2.90. The third kappa shape index (κ3) is 4.13. The summed E-state index contributed by atoms with van der Waals surface area (Å²) < 4.78 is 0. The molecule has 0 radical (unpaired) electrons. The van der Waals surface area contributed by atoms with E-state index in [-0.39, 0.29) is 30.2 Å². The number of carbonyl (C=O) groups excluding carboxylic acids is 2. The van der Waals surface area contributed by atoms with Crippen molar-refractivity contribution in [3.63, 3.8) is 0 Å². The van der Waals surface area contributed by atoms with Gasteiger partial charge in [0.25, 0.3) is 5.91 Å². The highest BCUT2D eigenvalue weighted by atomic mass is 16.2. The van der Waals surface area contributed by atoms with E-state index in [0.717, 1.165) is 39.0 Å². The molecule has 4 aromatic rings. The molecule has 1 aliphatic rings. The Morgan fingerprint density at radius 1 is 1.03 bits per heavy atom. The number of para-hydroxylation sites is 2. The van der Waals surface area contributed by atoms with Crippen molar-refractivity contribution in [1.82, 2.24) is 30.2 Å². The van der Waals surface area contributed by atoms with Gasteiger partial charge in [-0.25, -0.2) is 4.79 Å². The lowest BCUT2D eigenvalue weighted by molar-refractivity contribution is -0.127. The molecule has 0 spiro atoms. The Labute approximate surface area is 195 Å². The van der Waals surface area contributed by atoms with Gasteiger partial charge in [0.15, 0.2) is 5.82 Å². The van der Waals surface area contributed by atoms with Crippen molar-refractivity contribution in [2.75, 3.05) is 11.1 Å². The van der Waals surface area contributed by atoms with Crippen LogP contribution in [0.25, 0.3) is 10.9 Å². The number of nitrogens with one attached hydrogen (secondary N) is 3. The lowest BCUT2D eigenvalue weighted by atomic mass is 10.1. The molecule has 3 heterocycles. The van der Waals surface area contributed by atoms with E-state index < -0.39 is 12.1 Å².